The van der Waals surface area contributed by atoms with Crippen molar-refractivity contribution in [3.8, 4) is 11.5 Å². The molecule has 0 aliphatic carbocycles. The molecule has 1 aromatic rings. The van der Waals surface area contributed by atoms with Gasteiger partial charge in [0.2, 0.25) is 6.41 Å². The van der Waals surface area contributed by atoms with E-state index in [2.05, 4.69) is 12.2 Å². The number of nitrogens with one attached hydrogen (secondary N) is 1. The maximum absolute atomic E-state index is 10.5. The monoisotopic (exact) mass is 251 g/mol. The number of ether oxygens (including phenoxy) is 2. The summed E-state index contributed by atoms with van der Waals surface area (Å²) in [5.74, 6) is 1.44. The van der Waals surface area contributed by atoms with Gasteiger partial charge in [-0.25, -0.2) is 0 Å². The molecule has 4 nitrogen and oxygen atoms in total. The van der Waals surface area contributed by atoms with Gasteiger partial charge in [0, 0.05) is 6.04 Å². The van der Waals surface area contributed by atoms with E-state index in [0.29, 0.717) is 0 Å². The lowest BCUT2D eigenvalue weighted by molar-refractivity contribution is -0.110. The predicted molar refractivity (Wildman–Crippen MR) is 71.1 cm³/mol. The number of carbonyl (C=O) groups excluding carboxylic acids is 1. The first-order valence-electron chi connectivity index (χ1n) is 6.15. The van der Waals surface area contributed by atoms with E-state index in [9.17, 15) is 4.79 Å². The minimum Gasteiger partial charge on any atom is -0.493 e. The lowest BCUT2D eigenvalue weighted by atomic mass is 10.0. The van der Waals surface area contributed by atoms with Crippen LogP contribution in [0.2, 0.25) is 0 Å². The van der Waals surface area contributed by atoms with Crippen LogP contribution < -0.4 is 14.8 Å². The Morgan fingerprint density at radius 2 is 2.00 bits per heavy atom. The number of hydrogen-bond donors (Lipinski definition) is 1. The lowest BCUT2D eigenvalue weighted by Gasteiger charge is -2.16. The standard InChI is InChI=1S/C14H21NO3/c1-4-5-12(15-10-16)8-11-6-7-13(17-2)14(9-11)18-3/h6-7,9-10,12H,4-5,8H2,1-3H3,(H,15,16)/t12-/m0/s1. The Morgan fingerprint density at radius 3 is 2.56 bits per heavy atom. The van der Waals surface area contributed by atoms with Gasteiger partial charge < -0.3 is 14.8 Å². The van der Waals surface area contributed by atoms with Gasteiger partial charge in [-0.15, -0.1) is 0 Å². The molecule has 0 bridgehead atoms. The number of amides is 1. The molecule has 0 spiro atoms. The average molecular weight is 251 g/mol. The zero-order valence-corrected chi connectivity index (χ0v) is 11.2. The molecule has 0 saturated heterocycles. The predicted octanol–water partition coefficient (Wildman–Crippen LogP) is 2.16. The summed E-state index contributed by atoms with van der Waals surface area (Å²) in [6.45, 7) is 2.11. The minimum absolute atomic E-state index is 0.172. The zero-order valence-electron chi connectivity index (χ0n) is 11.2. The first-order valence-corrected chi connectivity index (χ1v) is 6.15. The van der Waals surface area contributed by atoms with Crippen LogP contribution >= 0.6 is 0 Å². The highest BCUT2D eigenvalue weighted by atomic mass is 16.5. The van der Waals surface area contributed by atoms with Crippen molar-refractivity contribution in [3.63, 3.8) is 0 Å². The Morgan fingerprint density at radius 1 is 1.28 bits per heavy atom. The molecule has 1 N–H and O–H groups in total. The first-order chi connectivity index (χ1) is 8.74. The molecule has 1 amide bonds. The molecule has 1 atom stereocenters. The number of hydrogen-bond acceptors (Lipinski definition) is 3. The maximum atomic E-state index is 10.5. The van der Waals surface area contributed by atoms with Crippen LogP contribution in [0.25, 0.3) is 0 Å². The van der Waals surface area contributed by atoms with Crippen molar-refractivity contribution in [3.05, 3.63) is 23.8 Å². The smallest absolute Gasteiger partial charge is 0.207 e. The number of rotatable bonds is 8. The third kappa shape index (κ3) is 3.95. The SMILES string of the molecule is CCC[C@@H](Cc1ccc(OC)c(OC)c1)NC=O. The second-order valence-corrected chi connectivity index (χ2v) is 4.16. The van der Waals surface area contributed by atoms with E-state index >= 15 is 0 Å². The van der Waals surface area contributed by atoms with Gasteiger partial charge in [-0.3, -0.25) is 4.79 Å². The molecule has 0 heterocycles. The van der Waals surface area contributed by atoms with Gasteiger partial charge >= 0.3 is 0 Å². The summed E-state index contributed by atoms with van der Waals surface area (Å²) in [4.78, 5) is 10.5. The fraction of sp³-hybridized carbons (Fsp3) is 0.500. The highest BCUT2D eigenvalue weighted by molar-refractivity contribution is 5.47. The molecular weight excluding hydrogens is 230 g/mol. The molecular formula is C14H21NO3. The number of carbonyl (C=O) groups is 1. The molecule has 0 aromatic heterocycles. The van der Waals surface area contributed by atoms with Gasteiger partial charge in [-0.1, -0.05) is 19.4 Å². The van der Waals surface area contributed by atoms with Crippen molar-refractivity contribution in [1.82, 2.24) is 5.32 Å². The van der Waals surface area contributed by atoms with E-state index in [4.69, 9.17) is 9.47 Å². The van der Waals surface area contributed by atoms with Crippen molar-refractivity contribution in [2.45, 2.75) is 32.2 Å². The first kappa shape index (κ1) is 14.4. The average Bonchev–Trinajstić information content (AvgIpc) is 2.39. The summed E-state index contributed by atoms with van der Waals surface area (Å²) in [7, 11) is 3.24. The van der Waals surface area contributed by atoms with Gasteiger partial charge in [0.15, 0.2) is 11.5 Å². The minimum atomic E-state index is 0.172. The number of benzene rings is 1. The fourth-order valence-corrected chi connectivity index (χ4v) is 1.98. The van der Waals surface area contributed by atoms with Gasteiger partial charge in [0.25, 0.3) is 0 Å². The highest BCUT2D eigenvalue weighted by Crippen LogP contribution is 2.28. The van der Waals surface area contributed by atoms with Crippen LogP contribution in [0.1, 0.15) is 25.3 Å². The maximum Gasteiger partial charge on any atom is 0.207 e. The molecule has 0 radical (unpaired) electrons. The third-order valence-electron chi connectivity index (χ3n) is 2.87. The van der Waals surface area contributed by atoms with Crippen LogP contribution in [0.15, 0.2) is 18.2 Å². The Labute approximate surface area is 108 Å². The fourth-order valence-electron chi connectivity index (χ4n) is 1.98. The summed E-state index contributed by atoms with van der Waals surface area (Å²) in [5.41, 5.74) is 1.13. The summed E-state index contributed by atoms with van der Waals surface area (Å²) in [6.07, 6.45) is 3.57. The lowest BCUT2D eigenvalue weighted by Crippen LogP contribution is -2.29. The molecule has 0 saturated carbocycles. The molecule has 18 heavy (non-hydrogen) atoms. The van der Waals surface area contributed by atoms with E-state index < -0.39 is 0 Å². The second-order valence-electron chi connectivity index (χ2n) is 4.16. The van der Waals surface area contributed by atoms with Crippen molar-refractivity contribution >= 4 is 6.41 Å². The van der Waals surface area contributed by atoms with Gasteiger partial charge in [0.1, 0.15) is 0 Å². The Balaban J connectivity index is 2.79. The zero-order chi connectivity index (χ0) is 13.4. The van der Waals surface area contributed by atoms with Gasteiger partial charge in [-0.2, -0.15) is 0 Å². The molecule has 0 fully saturated rings. The van der Waals surface area contributed by atoms with Crippen LogP contribution in [0.3, 0.4) is 0 Å². The van der Waals surface area contributed by atoms with Crippen LogP contribution in [0.4, 0.5) is 0 Å². The molecule has 1 rings (SSSR count). The topological polar surface area (TPSA) is 47.6 Å². The molecule has 1 aromatic carbocycles. The summed E-state index contributed by atoms with van der Waals surface area (Å²) >= 11 is 0. The van der Waals surface area contributed by atoms with Crippen molar-refractivity contribution < 1.29 is 14.3 Å². The van der Waals surface area contributed by atoms with E-state index in [-0.39, 0.29) is 6.04 Å². The third-order valence-corrected chi connectivity index (χ3v) is 2.87. The van der Waals surface area contributed by atoms with Gasteiger partial charge in [-0.05, 0) is 30.5 Å². The summed E-state index contributed by atoms with van der Waals surface area (Å²) in [5, 5.41) is 2.85. The molecule has 0 aliphatic rings. The Kier molecular flexibility index (Phi) is 6.05. The molecule has 100 valence electrons. The Bertz CT molecular complexity index is 379. The van der Waals surface area contributed by atoms with Crippen molar-refractivity contribution in [2.75, 3.05) is 14.2 Å². The molecule has 4 heteroatoms. The van der Waals surface area contributed by atoms with Crippen LogP contribution in [0, 0.1) is 0 Å². The normalized spacial score (nSPS) is 11.7. The van der Waals surface area contributed by atoms with E-state index in [1.54, 1.807) is 14.2 Å². The second kappa shape index (κ2) is 7.58. The van der Waals surface area contributed by atoms with E-state index in [0.717, 1.165) is 42.7 Å². The van der Waals surface area contributed by atoms with Crippen molar-refractivity contribution in [1.29, 1.82) is 0 Å². The largest absolute Gasteiger partial charge is 0.493 e. The quantitative estimate of drug-likeness (QED) is 0.720. The van der Waals surface area contributed by atoms with E-state index in [1.165, 1.54) is 0 Å². The Hall–Kier alpha value is -1.71. The summed E-state index contributed by atoms with van der Waals surface area (Å²) in [6, 6.07) is 6.01. The van der Waals surface area contributed by atoms with Crippen molar-refractivity contribution in [2.24, 2.45) is 0 Å². The number of methoxy groups -OCH3 is 2. The van der Waals surface area contributed by atoms with Crippen LogP contribution in [-0.4, -0.2) is 26.7 Å². The molecule has 0 aliphatic heterocycles. The highest BCUT2D eigenvalue weighted by Gasteiger charge is 2.10. The summed E-state index contributed by atoms with van der Waals surface area (Å²) < 4.78 is 10.5. The molecule has 0 unspecified atom stereocenters. The van der Waals surface area contributed by atoms with Crippen LogP contribution in [0.5, 0.6) is 11.5 Å². The van der Waals surface area contributed by atoms with Crippen LogP contribution in [-0.2, 0) is 11.2 Å². The van der Waals surface area contributed by atoms with E-state index in [1.807, 2.05) is 18.2 Å². The van der Waals surface area contributed by atoms with Gasteiger partial charge in [0.05, 0.1) is 14.2 Å².